The van der Waals surface area contributed by atoms with Crippen molar-refractivity contribution < 1.29 is 4.79 Å². The Morgan fingerprint density at radius 3 is 1.03 bits per heavy atom. The van der Waals surface area contributed by atoms with Crippen LogP contribution in [0.15, 0.2) is 11.1 Å². The second-order valence-corrected chi connectivity index (χ2v) is 12.9. The molecule has 0 unspecified atom stereocenters. The van der Waals surface area contributed by atoms with Crippen LogP contribution >= 0.6 is 0 Å². The zero-order valence-corrected chi connectivity index (χ0v) is 24.0. The van der Waals surface area contributed by atoms with Gasteiger partial charge in [-0.25, -0.2) is 0 Å². The summed E-state index contributed by atoms with van der Waals surface area (Å²) in [6.45, 7) is 0. The average molecular weight is 500 g/mol. The maximum absolute atomic E-state index is 13.3. The summed E-state index contributed by atoms with van der Waals surface area (Å²) in [5.74, 6) is 1.83. The molecule has 2 heteroatoms. The van der Waals surface area contributed by atoms with Crippen LogP contribution in [0.1, 0.15) is 180 Å². The van der Waals surface area contributed by atoms with Crippen molar-refractivity contribution in [2.75, 3.05) is 0 Å². The summed E-state index contributed by atoms with van der Waals surface area (Å²) in [6.07, 6.45) is 37.8. The summed E-state index contributed by atoms with van der Waals surface area (Å²) in [4.78, 5) is 13.3. The lowest BCUT2D eigenvalue weighted by Crippen LogP contribution is -2.26. The highest BCUT2D eigenvalue weighted by molar-refractivity contribution is 5.93. The molecule has 0 heterocycles. The predicted molar refractivity (Wildman–Crippen MR) is 156 cm³/mol. The molecule has 0 aromatic rings. The summed E-state index contributed by atoms with van der Waals surface area (Å²) in [6, 6.07) is 0. The van der Waals surface area contributed by atoms with Gasteiger partial charge >= 0.3 is 0 Å². The van der Waals surface area contributed by atoms with Crippen LogP contribution in [0.5, 0.6) is 0 Å². The van der Waals surface area contributed by atoms with Crippen LogP contribution in [0.25, 0.3) is 0 Å². The van der Waals surface area contributed by atoms with Crippen molar-refractivity contribution in [3.63, 3.8) is 0 Å². The molecule has 1 amide bonds. The number of rotatable bonds is 5. The number of primary amides is 1. The molecule has 3 rings (SSSR count). The second-order valence-electron chi connectivity index (χ2n) is 12.9. The zero-order chi connectivity index (χ0) is 25.3. The largest absolute Gasteiger partial charge is 0.366 e. The molecule has 0 atom stereocenters. The van der Waals surface area contributed by atoms with Gasteiger partial charge in [-0.1, -0.05) is 153 Å². The van der Waals surface area contributed by atoms with E-state index in [2.05, 4.69) is 0 Å². The van der Waals surface area contributed by atoms with Crippen molar-refractivity contribution >= 4 is 5.91 Å². The second kappa shape index (κ2) is 18.5. The maximum atomic E-state index is 13.3. The van der Waals surface area contributed by atoms with Crippen LogP contribution in [-0.2, 0) is 4.79 Å². The SMILES string of the molecule is NC(=O)C(CC1CCCCCCCCC1)=C(C1CCCCCCCCC1)C1CCCCCCCCC1. The minimum Gasteiger partial charge on any atom is -0.366 e. The van der Waals surface area contributed by atoms with E-state index in [0.29, 0.717) is 17.8 Å². The monoisotopic (exact) mass is 499 g/mol. The molecule has 208 valence electrons. The van der Waals surface area contributed by atoms with Gasteiger partial charge in [-0.2, -0.15) is 0 Å². The van der Waals surface area contributed by atoms with Gasteiger partial charge in [0, 0.05) is 5.57 Å². The van der Waals surface area contributed by atoms with E-state index < -0.39 is 0 Å². The van der Waals surface area contributed by atoms with Gasteiger partial charge in [-0.15, -0.1) is 0 Å². The van der Waals surface area contributed by atoms with E-state index in [1.54, 1.807) is 5.57 Å². The third-order valence-electron chi connectivity index (χ3n) is 9.95. The van der Waals surface area contributed by atoms with Crippen LogP contribution in [0.4, 0.5) is 0 Å². The van der Waals surface area contributed by atoms with E-state index in [-0.39, 0.29) is 5.91 Å². The first-order chi connectivity index (χ1) is 17.8. The molecule has 0 saturated heterocycles. The smallest absolute Gasteiger partial charge is 0.244 e. The first kappa shape index (κ1) is 29.8. The van der Waals surface area contributed by atoms with E-state index in [4.69, 9.17) is 5.73 Å². The molecule has 0 bridgehead atoms. The molecule has 3 aliphatic carbocycles. The van der Waals surface area contributed by atoms with Gasteiger partial charge in [0.25, 0.3) is 0 Å². The fraction of sp³-hybridized carbons (Fsp3) is 0.912. The lowest BCUT2D eigenvalue weighted by atomic mass is 9.72. The van der Waals surface area contributed by atoms with Crippen LogP contribution in [-0.4, -0.2) is 5.91 Å². The Labute approximate surface area is 225 Å². The molecule has 2 N–H and O–H groups in total. The molecular weight excluding hydrogens is 438 g/mol. The molecule has 3 aliphatic rings. The Kier molecular flexibility index (Phi) is 15.3. The average Bonchev–Trinajstić information content (AvgIpc) is 2.89. The van der Waals surface area contributed by atoms with E-state index in [1.165, 1.54) is 173 Å². The Morgan fingerprint density at radius 2 is 0.722 bits per heavy atom. The summed E-state index contributed by atoms with van der Waals surface area (Å²) in [5.41, 5.74) is 9.07. The fourth-order valence-electron chi connectivity index (χ4n) is 7.82. The van der Waals surface area contributed by atoms with Crippen LogP contribution in [0.3, 0.4) is 0 Å². The van der Waals surface area contributed by atoms with Crippen molar-refractivity contribution in [2.45, 2.75) is 180 Å². The molecule has 0 radical (unpaired) electrons. The zero-order valence-electron chi connectivity index (χ0n) is 24.0. The van der Waals surface area contributed by atoms with Crippen LogP contribution in [0.2, 0.25) is 0 Å². The molecular formula is C34H61NO. The highest BCUT2D eigenvalue weighted by Gasteiger charge is 2.29. The number of hydrogen-bond donors (Lipinski definition) is 1. The maximum Gasteiger partial charge on any atom is 0.244 e. The molecule has 0 aliphatic heterocycles. The minimum absolute atomic E-state index is 0.0590. The lowest BCUT2D eigenvalue weighted by molar-refractivity contribution is -0.115. The molecule has 2 nitrogen and oxygen atoms in total. The highest BCUT2D eigenvalue weighted by atomic mass is 16.1. The van der Waals surface area contributed by atoms with E-state index >= 15 is 0 Å². The van der Waals surface area contributed by atoms with Crippen LogP contribution in [0, 0.1) is 17.8 Å². The summed E-state index contributed by atoms with van der Waals surface area (Å²) in [5, 5.41) is 0. The molecule has 3 saturated carbocycles. The minimum atomic E-state index is -0.0590. The van der Waals surface area contributed by atoms with Crippen molar-refractivity contribution in [1.29, 1.82) is 0 Å². The van der Waals surface area contributed by atoms with Crippen molar-refractivity contribution in [2.24, 2.45) is 23.5 Å². The number of amides is 1. The fourth-order valence-corrected chi connectivity index (χ4v) is 7.82. The Bertz CT molecular complexity index is 565. The number of allylic oxidation sites excluding steroid dienone is 1. The molecule has 3 fully saturated rings. The third-order valence-corrected chi connectivity index (χ3v) is 9.95. The Morgan fingerprint density at radius 1 is 0.444 bits per heavy atom. The number of carbonyl (C=O) groups is 1. The Balaban J connectivity index is 1.89. The lowest BCUT2D eigenvalue weighted by Gasteiger charge is -2.33. The Hall–Kier alpha value is -0.790. The van der Waals surface area contributed by atoms with Crippen molar-refractivity contribution in [3.05, 3.63) is 11.1 Å². The van der Waals surface area contributed by atoms with Gasteiger partial charge < -0.3 is 5.73 Å². The normalized spacial score (nSPS) is 24.4. The standard InChI is InChI=1S/C34H61NO/c35-34(36)32(28-29-22-16-10-4-1-5-11-17-23-29)33(30-24-18-12-6-2-7-13-19-25-30)31-26-20-14-8-3-9-15-21-27-31/h29-31H,1-28H2,(H2,35,36). The third kappa shape index (κ3) is 11.3. The first-order valence-corrected chi connectivity index (χ1v) is 16.8. The van der Waals surface area contributed by atoms with Gasteiger partial charge in [0.05, 0.1) is 0 Å². The predicted octanol–water partition coefficient (Wildman–Crippen LogP) is 10.6. The molecule has 0 spiro atoms. The van der Waals surface area contributed by atoms with Crippen molar-refractivity contribution in [3.8, 4) is 0 Å². The molecule has 36 heavy (non-hydrogen) atoms. The summed E-state index contributed by atoms with van der Waals surface area (Å²) >= 11 is 0. The van der Waals surface area contributed by atoms with E-state index in [1.807, 2.05) is 0 Å². The van der Waals surface area contributed by atoms with Gasteiger partial charge in [0.15, 0.2) is 0 Å². The van der Waals surface area contributed by atoms with Gasteiger partial charge in [0.1, 0.15) is 0 Å². The van der Waals surface area contributed by atoms with E-state index in [9.17, 15) is 4.79 Å². The number of hydrogen-bond acceptors (Lipinski definition) is 1. The van der Waals surface area contributed by atoms with Gasteiger partial charge in [-0.3, -0.25) is 4.79 Å². The quantitative estimate of drug-likeness (QED) is 0.375. The first-order valence-electron chi connectivity index (χ1n) is 16.8. The summed E-state index contributed by atoms with van der Waals surface area (Å²) < 4.78 is 0. The topological polar surface area (TPSA) is 43.1 Å². The molecule has 0 aromatic heterocycles. The number of nitrogens with two attached hydrogens (primary N) is 1. The van der Waals surface area contributed by atoms with Gasteiger partial charge in [-0.05, 0) is 49.9 Å². The van der Waals surface area contributed by atoms with E-state index in [0.717, 1.165) is 12.0 Å². The summed E-state index contributed by atoms with van der Waals surface area (Å²) in [7, 11) is 0. The highest BCUT2D eigenvalue weighted by Crippen LogP contribution is 2.41. The van der Waals surface area contributed by atoms with Gasteiger partial charge in [0.2, 0.25) is 5.91 Å². The van der Waals surface area contributed by atoms with Crippen molar-refractivity contribution in [1.82, 2.24) is 0 Å². The molecule has 0 aromatic carbocycles. The number of carbonyl (C=O) groups excluding carboxylic acids is 1. The van der Waals surface area contributed by atoms with Crippen LogP contribution < -0.4 is 5.73 Å².